The van der Waals surface area contributed by atoms with Gasteiger partial charge >= 0.3 is 5.97 Å². The van der Waals surface area contributed by atoms with Gasteiger partial charge < -0.3 is 9.84 Å². The van der Waals surface area contributed by atoms with E-state index in [-0.39, 0.29) is 0 Å². The van der Waals surface area contributed by atoms with Crippen LogP contribution in [0.2, 0.25) is 0 Å². The third-order valence-electron chi connectivity index (χ3n) is 1.00. The molecule has 0 amide bonds. The molecule has 0 fully saturated rings. The lowest BCUT2D eigenvalue weighted by atomic mass is 10.2. The summed E-state index contributed by atoms with van der Waals surface area (Å²) in [5.74, 6) is -0.534. The van der Waals surface area contributed by atoms with Gasteiger partial charge in [0.25, 0.3) is 0 Å². The van der Waals surface area contributed by atoms with E-state index < -0.39 is 5.97 Å². The molecule has 0 saturated heterocycles. The zero-order valence-corrected chi connectivity index (χ0v) is 6.28. The predicted molar refractivity (Wildman–Crippen MR) is 41.8 cm³/mol. The van der Waals surface area contributed by atoms with E-state index in [9.17, 15) is 4.79 Å². The molecule has 0 rings (SSSR count). The van der Waals surface area contributed by atoms with E-state index in [4.69, 9.17) is 5.11 Å². The van der Waals surface area contributed by atoms with Crippen LogP contribution in [0.5, 0.6) is 0 Å². The predicted octanol–water partition coefficient (Wildman–Crippen LogP) is 1.69. The molecule has 1 N–H and O–H groups in total. The molecule has 0 aliphatic rings. The molecule has 0 unspecified atom stereocenters. The van der Waals surface area contributed by atoms with Crippen molar-refractivity contribution >= 4 is 5.97 Å². The van der Waals surface area contributed by atoms with Crippen molar-refractivity contribution in [2.75, 3.05) is 0 Å². The maximum atomic E-state index is 10.8. The molecule has 0 saturated carbocycles. The number of esters is 1. The second-order valence-corrected chi connectivity index (χ2v) is 1.64. The van der Waals surface area contributed by atoms with Crippen LogP contribution in [-0.4, -0.2) is 11.1 Å². The van der Waals surface area contributed by atoms with Crippen molar-refractivity contribution in [3.8, 4) is 0 Å². The molecule has 3 nitrogen and oxygen atoms in total. The molecular formula is C8H10O3. The minimum atomic E-state index is -0.534. The maximum absolute atomic E-state index is 10.8. The molecule has 0 radical (unpaired) electrons. The van der Waals surface area contributed by atoms with Crippen molar-refractivity contribution in [3.63, 3.8) is 0 Å². The Kier molecular flexibility index (Phi) is 4.56. The largest absolute Gasteiger partial charge is 0.512 e. The number of hydrogen-bond donors (Lipinski definition) is 1. The number of allylic oxidation sites excluding steroid dienone is 1. The van der Waals surface area contributed by atoms with Crippen LogP contribution in [0.15, 0.2) is 36.8 Å². The SMILES string of the molecule is C=CC(=CC)C(=O)OC=CO. The molecule has 11 heavy (non-hydrogen) atoms. The second-order valence-electron chi connectivity index (χ2n) is 1.64. The van der Waals surface area contributed by atoms with Crippen molar-refractivity contribution in [2.45, 2.75) is 6.92 Å². The third kappa shape index (κ3) is 3.25. The quantitative estimate of drug-likeness (QED) is 0.291. The lowest BCUT2D eigenvalue weighted by Crippen LogP contribution is -2.01. The number of rotatable bonds is 3. The number of carbonyl (C=O) groups excluding carboxylic acids is 1. The van der Waals surface area contributed by atoms with Crippen LogP contribution in [-0.2, 0) is 9.53 Å². The van der Waals surface area contributed by atoms with E-state index in [1.165, 1.54) is 6.08 Å². The van der Waals surface area contributed by atoms with Crippen LogP contribution in [0.3, 0.4) is 0 Å². The van der Waals surface area contributed by atoms with Crippen LogP contribution in [0.4, 0.5) is 0 Å². The Labute approximate surface area is 65.3 Å². The maximum Gasteiger partial charge on any atom is 0.342 e. The first-order valence-electron chi connectivity index (χ1n) is 3.05. The molecule has 0 bridgehead atoms. The van der Waals surface area contributed by atoms with Gasteiger partial charge in [-0.25, -0.2) is 4.79 Å². The van der Waals surface area contributed by atoms with Crippen LogP contribution in [0, 0.1) is 0 Å². The zero-order chi connectivity index (χ0) is 8.69. The summed E-state index contributed by atoms with van der Waals surface area (Å²) in [4.78, 5) is 10.8. The fraction of sp³-hybridized carbons (Fsp3) is 0.125. The number of hydrogen-bond acceptors (Lipinski definition) is 3. The average Bonchev–Trinajstić information content (AvgIpc) is 2.03. The van der Waals surface area contributed by atoms with Gasteiger partial charge in [-0.1, -0.05) is 18.7 Å². The summed E-state index contributed by atoms with van der Waals surface area (Å²) in [7, 11) is 0. The molecule has 0 aliphatic heterocycles. The Morgan fingerprint density at radius 3 is 2.64 bits per heavy atom. The average molecular weight is 154 g/mol. The standard InChI is InChI=1S/C8H10O3/c1-3-7(4-2)8(10)11-6-5-9/h3-6,9H,1H2,2H3. The van der Waals surface area contributed by atoms with Crippen molar-refractivity contribution in [3.05, 3.63) is 36.8 Å². The van der Waals surface area contributed by atoms with Gasteiger partial charge in [0, 0.05) is 0 Å². The second kappa shape index (κ2) is 5.29. The highest BCUT2D eigenvalue weighted by Crippen LogP contribution is 1.98. The minimum absolute atomic E-state index is 0.364. The van der Waals surface area contributed by atoms with Crippen LogP contribution in [0.25, 0.3) is 0 Å². The van der Waals surface area contributed by atoms with E-state index in [1.54, 1.807) is 13.0 Å². The monoisotopic (exact) mass is 154 g/mol. The van der Waals surface area contributed by atoms with Crippen molar-refractivity contribution in [1.29, 1.82) is 0 Å². The Bertz CT molecular complexity index is 201. The minimum Gasteiger partial charge on any atom is -0.512 e. The molecule has 0 heterocycles. The highest BCUT2D eigenvalue weighted by Gasteiger charge is 2.02. The summed E-state index contributed by atoms with van der Waals surface area (Å²) in [5, 5.41) is 8.14. The van der Waals surface area contributed by atoms with Crippen LogP contribution >= 0.6 is 0 Å². The molecule has 0 aromatic heterocycles. The molecular weight excluding hydrogens is 144 g/mol. The van der Waals surface area contributed by atoms with E-state index >= 15 is 0 Å². The Balaban J connectivity index is 4.12. The smallest absolute Gasteiger partial charge is 0.342 e. The summed E-state index contributed by atoms with van der Waals surface area (Å²) in [6, 6.07) is 0. The van der Waals surface area contributed by atoms with Gasteiger partial charge in [0.15, 0.2) is 0 Å². The molecule has 0 atom stereocenters. The summed E-state index contributed by atoms with van der Waals surface area (Å²) in [6.45, 7) is 5.10. The molecule has 0 aromatic carbocycles. The molecule has 3 heteroatoms. The fourth-order valence-electron chi connectivity index (χ4n) is 0.479. The van der Waals surface area contributed by atoms with Gasteiger partial charge in [0.1, 0.15) is 12.5 Å². The summed E-state index contributed by atoms with van der Waals surface area (Å²) < 4.78 is 4.43. The fourth-order valence-corrected chi connectivity index (χ4v) is 0.479. The van der Waals surface area contributed by atoms with Gasteiger partial charge in [-0.15, -0.1) is 0 Å². The number of aliphatic hydroxyl groups is 1. The van der Waals surface area contributed by atoms with E-state index in [2.05, 4.69) is 11.3 Å². The lowest BCUT2D eigenvalue weighted by molar-refractivity contribution is -0.133. The Morgan fingerprint density at radius 2 is 2.27 bits per heavy atom. The molecule has 0 aromatic rings. The van der Waals surface area contributed by atoms with Gasteiger partial charge in [-0.3, -0.25) is 0 Å². The van der Waals surface area contributed by atoms with Crippen molar-refractivity contribution in [2.24, 2.45) is 0 Å². The van der Waals surface area contributed by atoms with Gasteiger partial charge in [-0.2, -0.15) is 0 Å². The number of ether oxygens (including phenoxy) is 1. The highest BCUT2D eigenvalue weighted by atomic mass is 16.5. The van der Waals surface area contributed by atoms with Crippen molar-refractivity contribution < 1.29 is 14.6 Å². The van der Waals surface area contributed by atoms with Crippen LogP contribution < -0.4 is 0 Å². The Hall–Kier alpha value is -1.51. The van der Waals surface area contributed by atoms with E-state index in [1.807, 2.05) is 0 Å². The summed E-state index contributed by atoms with van der Waals surface area (Å²) in [6.07, 6.45) is 4.50. The van der Waals surface area contributed by atoms with Gasteiger partial charge in [0.2, 0.25) is 0 Å². The zero-order valence-electron chi connectivity index (χ0n) is 6.28. The summed E-state index contributed by atoms with van der Waals surface area (Å²) >= 11 is 0. The van der Waals surface area contributed by atoms with Crippen LogP contribution in [0.1, 0.15) is 6.92 Å². The molecule has 0 spiro atoms. The van der Waals surface area contributed by atoms with Crippen molar-refractivity contribution in [1.82, 2.24) is 0 Å². The molecule has 0 aliphatic carbocycles. The first-order chi connectivity index (χ1) is 5.26. The van der Waals surface area contributed by atoms with E-state index in [0.29, 0.717) is 11.8 Å². The van der Waals surface area contributed by atoms with Gasteiger partial charge in [-0.05, 0) is 6.92 Å². The summed E-state index contributed by atoms with van der Waals surface area (Å²) in [5.41, 5.74) is 0.364. The number of carbonyl (C=O) groups is 1. The normalized spacial score (nSPS) is 11.5. The van der Waals surface area contributed by atoms with Gasteiger partial charge in [0.05, 0.1) is 5.57 Å². The highest BCUT2D eigenvalue weighted by molar-refractivity contribution is 5.91. The topological polar surface area (TPSA) is 46.5 Å². The van der Waals surface area contributed by atoms with E-state index in [0.717, 1.165) is 6.26 Å². The Morgan fingerprint density at radius 1 is 1.64 bits per heavy atom. The first-order valence-corrected chi connectivity index (χ1v) is 3.05. The number of aliphatic hydroxyl groups excluding tert-OH is 1. The third-order valence-corrected chi connectivity index (χ3v) is 1.00. The lowest BCUT2D eigenvalue weighted by Gasteiger charge is -1.96. The molecule has 60 valence electrons. The first kappa shape index (κ1) is 9.49.